The van der Waals surface area contributed by atoms with E-state index >= 15 is 0 Å². The predicted octanol–water partition coefficient (Wildman–Crippen LogP) is 11.2. The molecule has 0 amide bonds. The standard InChI is InChI=1S/C40H26/c1-2-12-27(13-3-1)30-16-4-5-17-31(30)28-14-10-15-29(26-28)32-18-6-7-19-33(32)36-24-25-39-35-21-9-8-20-34(35)37-22-11-23-38(36)40(37)39/h1-26H. The Morgan fingerprint density at radius 3 is 1.27 bits per heavy atom. The quantitative estimate of drug-likeness (QED) is 0.223. The van der Waals surface area contributed by atoms with Crippen LogP contribution in [0.4, 0.5) is 0 Å². The van der Waals surface area contributed by atoms with Crippen molar-refractivity contribution in [3.8, 4) is 66.8 Å². The second-order valence-corrected chi connectivity index (χ2v) is 10.5. The van der Waals surface area contributed by atoms with E-state index < -0.39 is 0 Å². The highest BCUT2D eigenvalue weighted by atomic mass is 14.3. The lowest BCUT2D eigenvalue weighted by Gasteiger charge is -2.16. The van der Waals surface area contributed by atoms with Crippen LogP contribution in [0.25, 0.3) is 77.5 Å². The molecule has 7 aromatic rings. The first kappa shape index (κ1) is 22.8. The maximum atomic E-state index is 2.34. The summed E-state index contributed by atoms with van der Waals surface area (Å²) in [6, 6.07) is 57.4. The smallest absolute Gasteiger partial charge is 0.00201 e. The fourth-order valence-corrected chi connectivity index (χ4v) is 6.47. The Morgan fingerprint density at radius 1 is 0.225 bits per heavy atom. The maximum Gasteiger partial charge on any atom is -0.00201 e. The molecule has 186 valence electrons. The second-order valence-electron chi connectivity index (χ2n) is 10.5. The summed E-state index contributed by atoms with van der Waals surface area (Å²) >= 11 is 0. The highest BCUT2D eigenvalue weighted by Gasteiger charge is 2.23. The predicted molar refractivity (Wildman–Crippen MR) is 170 cm³/mol. The van der Waals surface area contributed by atoms with Crippen molar-refractivity contribution in [1.82, 2.24) is 0 Å². The van der Waals surface area contributed by atoms with Gasteiger partial charge in [0.1, 0.15) is 0 Å². The van der Waals surface area contributed by atoms with Crippen molar-refractivity contribution in [2.75, 3.05) is 0 Å². The van der Waals surface area contributed by atoms with E-state index in [9.17, 15) is 0 Å². The minimum absolute atomic E-state index is 1.22. The lowest BCUT2D eigenvalue weighted by Crippen LogP contribution is -1.89. The Balaban J connectivity index is 1.29. The van der Waals surface area contributed by atoms with Crippen molar-refractivity contribution in [2.45, 2.75) is 0 Å². The minimum Gasteiger partial charge on any atom is -0.0622 e. The topological polar surface area (TPSA) is 0 Å². The summed E-state index contributed by atoms with van der Waals surface area (Å²) in [5.41, 5.74) is 15.3. The highest BCUT2D eigenvalue weighted by Crippen LogP contribution is 2.50. The number of hydrogen-bond donors (Lipinski definition) is 0. The summed E-state index contributed by atoms with van der Waals surface area (Å²) < 4.78 is 0. The SMILES string of the molecule is c1ccc(-c2ccccc2-c2cccc(-c3ccccc3-c3ccc4c5c(cccc35)-c3ccccc3-4)c2)cc1. The van der Waals surface area contributed by atoms with Gasteiger partial charge in [-0.3, -0.25) is 0 Å². The molecule has 0 radical (unpaired) electrons. The molecule has 0 spiro atoms. The lowest BCUT2D eigenvalue weighted by molar-refractivity contribution is 1.56. The summed E-state index contributed by atoms with van der Waals surface area (Å²) in [4.78, 5) is 0. The van der Waals surface area contributed by atoms with E-state index in [0.29, 0.717) is 0 Å². The van der Waals surface area contributed by atoms with Gasteiger partial charge in [-0.2, -0.15) is 0 Å². The average molecular weight is 507 g/mol. The van der Waals surface area contributed by atoms with Crippen LogP contribution in [-0.4, -0.2) is 0 Å². The third kappa shape index (κ3) is 3.54. The van der Waals surface area contributed by atoms with E-state index in [0.717, 1.165) is 0 Å². The molecule has 0 atom stereocenters. The van der Waals surface area contributed by atoms with Gasteiger partial charge < -0.3 is 0 Å². The van der Waals surface area contributed by atoms with Crippen molar-refractivity contribution in [1.29, 1.82) is 0 Å². The molecule has 0 aliphatic heterocycles. The second kappa shape index (κ2) is 9.22. The molecule has 0 saturated heterocycles. The molecule has 0 unspecified atom stereocenters. The van der Waals surface area contributed by atoms with Crippen LogP contribution in [-0.2, 0) is 0 Å². The summed E-state index contributed by atoms with van der Waals surface area (Å²) in [5.74, 6) is 0. The van der Waals surface area contributed by atoms with Crippen LogP contribution in [0.15, 0.2) is 158 Å². The largest absolute Gasteiger partial charge is 0.0622 e. The molecular formula is C40H26. The van der Waals surface area contributed by atoms with Crippen LogP contribution in [0.3, 0.4) is 0 Å². The molecule has 1 aliphatic rings. The third-order valence-electron chi connectivity index (χ3n) is 8.26. The molecular weight excluding hydrogens is 480 g/mol. The Bertz CT molecular complexity index is 2020. The molecule has 0 aromatic heterocycles. The molecule has 0 saturated carbocycles. The Morgan fingerprint density at radius 2 is 0.625 bits per heavy atom. The Labute approximate surface area is 234 Å². The summed E-state index contributed by atoms with van der Waals surface area (Å²) in [6.45, 7) is 0. The summed E-state index contributed by atoms with van der Waals surface area (Å²) in [7, 11) is 0. The molecule has 40 heavy (non-hydrogen) atoms. The number of rotatable bonds is 4. The zero-order valence-corrected chi connectivity index (χ0v) is 22.0. The van der Waals surface area contributed by atoms with Crippen LogP contribution in [0.1, 0.15) is 0 Å². The van der Waals surface area contributed by atoms with Gasteiger partial charge in [0, 0.05) is 0 Å². The van der Waals surface area contributed by atoms with E-state index in [-0.39, 0.29) is 0 Å². The number of benzene rings is 7. The molecule has 7 aromatic carbocycles. The summed E-state index contributed by atoms with van der Waals surface area (Å²) in [5, 5.41) is 2.67. The van der Waals surface area contributed by atoms with E-state index in [4.69, 9.17) is 0 Å². The van der Waals surface area contributed by atoms with Crippen LogP contribution in [0, 0.1) is 0 Å². The molecule has 8 rings (SSSR count). The van der Waals surface area contributed by atoms with E-state index in [1.807, 2.05) is 0 Å². The van der Waals surface area contributed by atoms with Gasteiger partial charge >= 0.3 is 0 Å². The van der Waals surface area contributed by atoms with Gasteiger partial charge in [0.25, 0.3) is 0 Å². The maximum absolute atomic E-state index is 2.34. The van der Waals surface area contributed by atoms with E-state index in [2.05, 4.69) is 158 Å². The summed E-state index contributed by atoms with van der Waals surface area (Å²) in [6.07, 6.45) is 0. The molecule has 0 nitrogen and oxygen atoms in total. The fraction of sp³-hybridized carbons (Fsp3) is 0. The van der Waals surface area contributed by atoms with Gasteiger partial charge in [-0.15, -0.1) is 0 Å². The fourth-order valence-electron chi connectivity index (χ4n) is 6.47. The lowest BCUT2D eigenvalue weighted by atomic mass is 9.88. The number of fused-ring (bicyclic) bond motifs is 3. The molecule has 1 aliphatic carbocycles. The molecule has 0 fully saturated rings. The van der Waals surface area contributed by atoms with Gasteiger partial charge in [-0.1, -0.05) is 152 Å². The Kier molecular flexibility index (Phi) is 5.24. The monoisotopic (exact) mass is 506 g/mol. The van der Waals surface area contributed by atoms with Crippen molar-refractivity contribution in [2.24, 2.45) is 0 Å². The molecule has 0 heterocycles. The Hall–Kier alpha value is -5.20. The zero-order valence-electron chi connectivity index (χ0n) is 22.0. The van der Waals surface area contributed by atoms with Gasteiger partial charge in [0.2, 0.25) is 0 Å². The minimum atomic E-state index is 1.22. The van der Waals surface area contributed by atoms with Crippen molar-refractivity contribution >= 4 is 10.8 Å². The van der Waals surface area contributed by atoms with E-state index in [1.165, 1.54) is 77.5 Å². The molecule has 0 bridgehead atoms. The number of hydrogen-bond acceptors (Lipinski definition) is 0. The van der Waals surface area contributed by atoms with Gasteiger partial charge in [0.15, 0.2) is 0 Å². The van der Waals surface area contributed by atoms with Crippen LogP contribution in [0.5, 0.6) is 0 Å². The van der Waals surface area contributed by atoms with Crippen molar-refractivity contribution < 1.29 is 0 Å². The molecule has 0 N–H and O–H groups in total. The van der Waals surface area contributed by atoms with Crippen LogP contribution in [0.2, 0.25) is 0 Å². The van der Waals surface area contributed by atoms with Gasteiger partial charge in [0.05, 0.1) is 0 Å². The van der Waals surface area contributed by atoms with Crippen molar-refractivity contribution in [3.05, 3.63) is 158 Å². The average Bonchev–Trinajstić information content (AvgIpc) is 3.37. The van der Waals surface area contributed by atoms with Crippen LogP contribution < -0.4 is 0 Å². The highest BCUT2D eigenvalue weighted by molar-refractivity contribution is 6.19. The van der Waals surface area contributed by atoms with Crippen molar-refractivity contribution in [3.63, 3.8) is 0 Å². The third-order valence-corrected chi connectivity index (χ3v) is 8.26. The first-order chi connectivity index (χ1) is 19.9. The normalized spacial score (nSPS) is 11.5. The zero-order chi connectivity index (χ0) is 26.5. The van der Waals surface area contributed by atoms with Crippen LogP contribution >= 0.6 is 0 Å². The van der Waals surface area contributed by atoms with E-state index in [1.54, 1.807) is 0 Å². The first-order valence-electron chi connectivity index (χ1n) is 13.9. The molecule has 0 heteroatoms. The van der Waals surface area contributed by atoms with Gasteiger partial charge in [-0.25, -0.2) is 0 Å². The first-order valence-corrected chi connectivity index (χ1v) is 13.9. The van der Waals surface area contributed by atoms with Gasteiger partial charge in [-0.05, 0) is 83.6 Å².